The highest BCUT2D eigenvalue weighted by molar-refractivity contribution is 6.33. The Balaban J connectivity index is 1.98. The van der Waals surface area contributed by atoms with Gasteiger partial charge in [0.05, 0.1) is 10.6 Å². The van der Waals surface area contributed by atoms with Crippen LogP contribution in [0.5, 0.6) is 0 Å². The molecule has 2 rings (SSSR count). The normalized spacial score (nSPS) is 10.2. The number of pyridine rings is 1. The van der Waals surface area contributed by atoms with Crippen LogP contribution in [0.2, 0.25) is 5.02 Å². The van der Waals surface area contributed by atoms with Gasteiger partial charge in [-0.25, -0.2) is 0 Å². The van der Waals surface area contributed by atoms with Crippen molar-refractivity contribution in [2.45, 2.75) is 13.1 Å². The summed E-state index contributed by atoms with van der Waals surface area (Å²) in [6.07, 6.45) is 2.99. The minimum atomic E-state index is -0.213. The predicted octanol–water partition coefficient (Wildman–Crippen LogP) is 2.12. The molecule has 0 aliphatic carbocycles. The van der Waals surface area contributed by atoms with Crippen LogP contribution in [0.25, 0.3) is 0 Å². The number of nitrogens with one attached hydrogen (secondary N) is 1. The van der Waals surface area contributed by atoms with Gasteiger partial charge in [0.1, 0.15) is 0 Å². The lowest BCUT2D eigenvalue weighted by molar-refractivity contribution is 0.0951. The smallest absolute Gasteiger partial charge is 0.253 e. The number of aromatic nitrogens is 1. The Bertz CT molecular complexity index is 569. The first-order valence-electron chi connectivity index (χ1n) is 5.86. The maximum Gasteiger partial charge on any atom is 0.253 e. The number of rotatable bonds is 4. The van der Waals surface area contributed by atoms with Crippen molar-refractivity contribution in [1.82, 2.24) is 10.3 Å². The van der Waals surface area contributed by atoms with Crippen molar-refractivity contribution in [3.63, 3.8) is 0 Å². The Morgan fingerprint density at radius 3 is 2.53 bits per heavy atom. The summed E-state index contributed by atoms with van der Waals surface area (Å²) in [6.45, 7) is 0.960. The van der Waals surface area contributed by atoms with E-state index in [1.165, 1.54) is 12.4 Å². The molecule has 3 N–H and O–H groups in total. The van der Waals surface area contributed by atoms with E-state index >= 15 is 0 Å². The average Bonchev–Trinajstić information content (AvgIpc) is 2.46. The lowest BCUT2D eigenvalue weighted by Crippen LogP contribution is -2.23. The molecule has 0 saturated heterocycles. The molecular formula is C14H14ClN3O. The van der Waals surface area contributed by atoms with Crippen molar-refractivity contribution < 1.29 is 4.79 Å². The Morgan fingerprint density at radius 2 is 1.89 bits per heavy atom. The predicted molar refractivity (Wildman–Crippen MR) is 74.8 cm³/mol. The molecule has 0 unspecified atom stereocenters. The number of carbonyl (C=O) groups excluding carboxylic acids is 1. The first-order valence-corrected chi connectivity index (χ1v) is 6.24. The second-order valence-corrected chi connectivity index (χ2v) is 4.47. The molecule has 0 spiro atoms. The van der Waals surface area contributed by atoms with Crippen LogP contribution in [0.1, 0.15) is 21.5 Å². The maximum atomic E-state index is 11.9. The molecule has 0 bridgehead atoms. The highest BCUT2D eigenvalue weighted by atomic mass is 35.5. The van der Waals surface area contributed by atoms with Gasteiger partial charge in [0.25, 0.3) is 5.91 Å². The number of halogens is 1. The number of amides is 1. The number of nitrogens with zero attached hydrogens (tertiary/aromatic N) is 1. The van der Waals surface area contributed by atoms with Crippen molar-refractivity contribution in [1.29, 1.82) is 0 Å². The molecule has 0 atom stereocenters. The van der Waals surface area contributed by atoms with Gasteiger partial charge in [-0.15, -0.1) is 0 Å². The van der Waals surface area contributed by atoms with Gasteiger partial charge in [0, 0.05) is 25.5 Å². The second-order valence-electron chi connectivity index (χ2n) is 4.06. The summed E-state index contributed by atoms with van der Waals surface area (Å²) in [7, 11) is 0. The molecule has 1 heterocycles. The number of nitrogens with two attached hydrogens (primary N) is 1. The van der Waals surface area contributed by atoms with Gasteiger partial charge in [0.15, 0.2) is 0 Å². The van der Waals surface area contributed by atoms with Crippen LogP contribution in [0.3, 0.4) is 0 Å². The van der Waals surface area contributed by atoms with Gasteiger partial charge < -0.3 is 11.1 Å². The van der Waals surface area contributed by atoms with E-state index in [1.54, 1.807) is 6.07 Å². The van der Waals surface area contributed by atoms with E-state index in [0.29, 0.717) is 23.7 Å². The van der Waals surface area contributed by atoms with Crippen molar-refractivity contribution >= 4 is 17.5 Å². The second kappa shape index (κ2) is 6.31. The van der Waals surface area contributed by atoms with Gasteiger partial charge in [0.2, 0.25) is 0 Å². The van der Waals surface area contributed by atoms with E-state index in [2.05, 4.69) is 10.3 Å². The standard InChI is InChI=1S/C14H14ClN3O/c15-13-9-17-6-5-12(13)14(19)18-8-11-3-1-10(7-16)2-4-11/h1-6,9H,7-8,16H2,(H,18,19). The van der Waals surface area contributed by atoms with Crippen LogP contribution in [0, 0.1) is 0 Å². The molecule has 1 aromatic carbocycles. The summed E-state index contributed by atoms with van der Waals surface area (Å²) in [5, 5.41) is 3.16. The lowest BCUT2D eigenvalue weighted by atomic mass is 10.1. The third kappa shape index (κ3) is 3.53. The topological polar surface area (TPSA) is 68.0 Å². The fourth-order valence-corrected chi connectivity index (χ4v) is 1.84. The summed E-state index contributed by atoms with van der Waals surface area (Å²) in [5.74, 6) is -0.213. The minimum absolute atomic E-state index is 0.213. The Morgan fingerprint density at radius 1 is 1.21 bits per heavy atom. The number of hydrogen-bond acceptors (Lipinski definition) is 3. The first-order chi connectivity index (χ1) is 9.20. The molecule has 1 aromatic heterocycles. The molecule has 0 saturated carbocycles. The highest BCUT2D eigenvalue weighted by Crippen LogP contribution is 2.13. The van der Waals surface area contributed by atoms with Crippen LogP contribution in [0.15, 0.2) is 42.7 Å². The summed E-state index contributed by atoms with van der Waals surface area (Å²) in [5.41, 5.74) is 8.02. The largest absolute Gasteiger partial charge is 0.348 e. The third-order valence-electron chi connectivity index (χ3n) is 2.73. The lowest BCUT2D eigenvalue weighted by Gasteiger charge is -2.07. The molecule has 98 valence electrons. The van der Waals surface area contributed by atoms with Crippen LogP contribution >= 0.6 is 11.6 Å². The van der Waals surface area contributed by atoms with Crippen LogP contribution in [-0.4, -0.2) is 10.9 Å². The van der Waals surface area contributed by atoms with Gasteiger partial charge in [-0.05, 0) is 17.2 Å². The fraction of sp³-hybridized carbons (Fsp3) is 0.143. The summed E-state index contributed by atoms with van der Waals surface area (Å²) < 4.78 is 0. The highest BCUT2D eigenvalue weighted by Gasteiger charge is 2.09. The van der Waals surface area contributed by atoms with Crippen molar-refractivity contribution in [2.75, 3.05) is 0 Å². The van der Waals surface area contributed by atoms with E-state index in [9.17, 15) is 4.79 Å². The van der Waals surface area contributed by atoms with Crippen molar-refractivity contribution in [3.8, 4) is 0 Å². The maximum absolute atomic E-state index is 11.9. The van der Waals surface area contributed by atoms with E-state index in [-0.39, 0.29) is 5.91 Å². The SMILES string of the molecule is NCc1ccc(CNC(=O)c2ccncc2Cl)cc1. The number of hydrogen-bond donors (Lipinski definition) is 2. The fourth-order valence-electron chi connectivity index (χ4n) is 1.63. The molecule has 2 aromatic rings. The molecular weight excluding hydrogens is 262 g/mol. The molecule has 19 heavy (non-hydrogen) atoms. The zero-order valence-electron chi connectivity index (χ0n) is 10.3. The van der Waals surface area contributed by atoms with Crippen molar-refractivity contribution in [2.24, 2.45) is 5.73 Å². The van der Waals surface area contributed by atoms with E-state index in [4.69, 9.17) is 17.3 Å². The van der Waals surface area contributed by atoms with E-state index in [1.807, 2.05) is 24.3 Å². The number of benzene rings is 1. The zero-order valence-corrected chi connectivity index (χ0v) is 11.0. The van der Waals surface area contributed by atoms with E-state index < -0.39 is 0 Å². The molecule has 0 radical (unpaired) electrons. The summed E-state index contributed by atoms with van der Waals surface area (Å²) in [6, 6.07) is 9.37. The van der Waals surface area contributed by atoms with Gasteiger partial charge in [-0.1, -0.05) is 35.9 Å². The van der Waals surface area contributed by atoms with Gasteiger partial charge in [-0.3, -0.25) is 9.78 Å². The number of carbonyl (C=O) groups is 1. The quantitative estimate of drug-likeness (QED) is 0.898. The third-order valence-corrected chi connectivity index (χ3v) is 3.03. The molecule has 0 fully saturated rings. The van der Waals surface area contributed by atoms with Gasteiger partial charge in [-0.2, -0.15) is 0 Å². The summed E-state index contributed by atoms with van der Waals surface area (Å²) in [4.78, 5) is 15.8. The first kappa shape index (κ1) is 13.5. The van der Waals surface area contributed by atoms with Crippen LogP contribution in [-0.2, 0) is 13.1 Å². The van der Waals surface area contributed by atoms with E-state index in [0.717, 1.165) is 11.1 Å². The zero-order chi connectivity index (χ0) is 13.7. The molecule has 0 aliphatic rings. The van der Waals surface area contributed by atoms with Crippen LogP contribution < -0.4 is 11.1 Å². The monoisotopic (exact) mass is 275 g/mol. The Labute approximate surface area is 116 Å². The summed E-state index contributed by atoms with van der Waals surface area (Å²) >= 11 is 5.90. The van der Waals surface area contributed by atoms with Crippen molar-refractivity contribution in [3.05, 3.63) is 64.4 Å². The Kier molecular flexibility index (Phi) is 4.49. The molecule has 5 heteroatoms. The molecule has 4 nitrogen and oxygen atoms in total. The Hall–Kier alpha value is -1.91. The average molecular weight is 276 g/mol. The van der Waals surface area contributed by atoms with Crippen LogP contribution in [0.4, 0.5) is 0 Å². The molecule has 1 amide bonds. The molecule has 0 aliphatic heterocycles. The van der Waals surface area contributed by atoms with Gasteiger partial charge >= 0.3 is 0 Å². The minimum Gasteiger partial charge on any atom is -0.348 e.